The van der Waals surface area contributed by atoms with Crippen LogP contribution >= 0.6 is 0 Å². The van der Waals surface area contributed by atoms with Gasteiger partial charge in [0.25, 0.3) is 0 Å². The molecule has 0 unspecified atom stereocenters. The molecule has 2 aromatic rings. The Morgan fingerprint density at radius 3 is 2.47 bits per heavy atom. The van der Waals surface area contributed by atoms with E-state index in [1.807, 2.05) is 24.3 Å². The van der Waals surface area contributed by atoms with Gasteiger partial charge in [-0.2, -0.15) is 0 Å². The molecule has 0 bridgehead atoms. The van der Waals surface area contributed by atoms with E-state index in [9.17, 15) is 8.42 Å². The van der Waals surface area contributed by atoms with E-state index in [1.165, 1.54) is 6.26 Å². The van der Waals surface area contributed by atoms with E-state index in [4.69, 9.17) is 0 Å². The van der Waals surface area contributed by atoms with E-state index < -0.39 is 9.84 Å². The van der Waals surface area contributed by atoms with Crippen LogP contribution in [0.4, 0.5) is 0 Å². The summed E-state index contributed by atoms with van der Waals surface area (Å²) in [6.07, 6.45) is 4.46. The molecule has 0 fully saturated rings. The molecule has 2 aromatic heterocycles. The lowest BCUT2D eigenvalue weighted by atomic mass is 10.1. The Balaban J connectivity index is 2.49. The second kappa shape index (κ2) is 4.63. The molecule has 0 aliphatic heterocycles. The molecule has 0 aliphatic rings. The highest BCUT2D eigenvalue weighted by Crippen LogP contribution is 2.20. The summed E-state index contributed by atoms with van der Waals surface area (Å²) in [5, 5.41) is 0. The number of hydrogen-bond donors (Lipinski definition) is 0. The Morgan fingerprint density at radius 2 is 1.82 bits per heavy atom. The molecule has 0 atom stereocenters. The molecular formula is C12H12N2O2S. The van der Waals surface area contributed by atoms with Crippen LogP contribution in [0.3, 0.4) is 0 Å². The highest BCUT2D eigenvalue weighted by molar-refractivity contribution is 7.89. The Labute approximate surface area is 100 Å². The highest BCUT2D eigenvalue weighted by atomic mass is 32.2. The van der Waals surface area contributed by atoms with Crippen LogP contribution in [0, 0.1) is 0 Å². The zero-order chi connectivity index (χ0) is 12.3. The van der Waals surface area contributed by atoms with Gasteiger partial charge < -0.3 is 0 Å². The molecular weight excluding hydrogens is 236 g/mol. The standard InChI is InChI=1S/C12H12N2O2S/c1-17(15,16)9-12-10(5-4-8-14-12)11-6-2-3-7-13-11/h2-8H,9H2,1H3. The highest BCUT2D eigenvalue weighted by Gasteiger charge is 2.12. The predicted molar refractivity (Wildman–Crippen MR) is 66.0 cm³/mol. The summed E-state index contributed by atoms with van der Waals surface area (Å²) in [4.78, 5) is 8.33. The van der Waals surface area contributed by atoms with Crippen LogP contribution in [0.1, 0.15) is 5.69 Å². The third kappa shape index (κ3) is 3.10. The van der Waals surface area contributed by atoms with Crippen LogP contribution in [-0.2, 0) is 15.6 Å². The van der Waals surface area contributed by atoms with Crippen LogP contribution in [0.2, 0.25) is 0 Å². The average Bonchev–Trinajstić information content (AvgIpc) is 2.29. The fraction of sp³-hybridized carbons (Fsp3) is 0.167. The zero-order valence-corrected chi connectivity index (χ0v) is 10.2. The quantitative estimate of drug-likeness (QED) is 0.829. The van der Waals surface area contributed by atoms with Gasteiger partial charge in [0.15, 0.2) is 9.84 Å². The van der Waals surface area contributed by atoms with Crippen LogP contribution in [-0.4, -0.2) is 24.6 Å². The molecule has 0 spiro atoms. The maximum atomic E-state index is 11.3. The first kappa shape index (κ1) is 11.7. The monoisotopic (exact) mass is 248 g/mol. The molecule has 5 heteroatoms. The third-order valence-electron chi connectivity index (χ3n) is 2.23. The van der Waals surface area contributed by atoms with Crippen molar-refractivity contribution in [2.75, 3.05) is 6.26 Å². The number of hydrogen-bond acceptors (Lipinski definition) is 4. The lowest BCUT2D eigenvalue weighted by Gasteiger charge is -2.06. The van der Waals surface area contributed by atoms with Gasteiger partial charge >= 0.3 is 0 Å². The number of sulfone groups is 1. The van der Waals surface area contributed by atoms with Crippen LogP contribution in [0.25, 0.3) is 11.3 Å². The van der Waals surface area contributed by atoms with Gasteiger partial charge in [0.1, 0.15) is 0 Å². The molecule has 0 aliphatic carbocycles. The van der Waals surface area contributed by atoms with E-state index in [2.05, 4.69) is 9.97 Å². The predicted octanol–water partition coefficient (Wildman–Crippen LogP) is 1.69. The second-order valence-corrected chi connectivity index (χ2v) is 5.92. The molecule has 2 rings (SSSR count). The molecule has 2 heterocycles. The SMILES string of the molecule is CS(=O)(=O)Cc1ncccc1-c1ccccn1. The van der Waals surface area contributed by atoms with Crippen molar-refractivity contribution in [2.45, 2.75) is 5.75 Å². The van der Waals surface area contributed by atoms with Gasteiger partial charge in [-0.1, -0.05) is 6.07 Å². The van der Waals surface area contributed by atoms with Crippen molar-refractivity contribution in [1.29, 1.82) is 0 Å². The molecule has 0 aromatic carbocycles. The smallest absolute Gasteiger partial charge is 0.153 e. The Kier molecular flexibility index (Phi) is 3.19. The lowest BCUT2D eigenvalue weighted by Crippen LogP contribution is -2.04. The Morgan fingerprint density at radius 1 is 1.06 bits per heavy atom. The average molecular weight is 248 g/mol. The fourth-order valence-electron chi connectivity index (χ4n) is 1.56. The summed E-state index contributed by atoms with van der Waals surface area (Å²) in [6, 6.07) is 9.12. The van der Waals surface area contributed by atoms with Crippen LogP contribution in [0.15, 0.2) is 42.7 Å². The summed E-state index contributed by atoms with van der Waals surface area (Å²) in [5.41, 5.74) is 2.03. The first-order chi connectivity index (χ1) is 8.06. The maximum absolute atomic E-state index is 11.3. The van der Waals surface area contributed by atoms with Gasteiger partial charge in [0, 0.05) is 24.2 Å². The summed E-state index contributed by atoms with van der Waals surface area (Å²) in [5.74, 6) is -0.0697. The van der Waals surface area contributed by atoms with Gasteiger partial charge in [0.05, 0.1) is 17.1 Å². The first-order valence-corrected chi connectivity index (χ1v) is 7.15. The minimum absolute atomic E-state index is 0.0697. The molecule has 0 radical (unpaired) electrons. The molecule has 4 nitrogen and oxygen atoms in total. The summed E-state index contributed by atoms with van der Waals surface area (Å²) in [6.45, 7) is 0. The first-order valence-electron chi connectivity index (χ1n) is 5.09. The fourth-order valence-corrected chi connectivity index (χ4v) is 2.28. The van der Waals surface area contributed by atoms with Gasteiger partial charge in [-0.25, -0.2) is 8.42 Å². The Hall–Kier alpha value is -1.75. The van der Waals surface area contributed by atoms with Crippen molar-refractivity contribution < 1.29 is 8.42 Å². The van der Waals surface area contributed by atoms with Gasteiger partial charge in [-0.15, -0.1) is 0 Å². The van der Waals surface area contributed by atoms with Gasteiger partial charge in [0.2, 0.25) is 0 Å². The molecule has 0 amide bonds. The van der Waals surface area contributed by atoms with Crippen molar-refractivity contribution in [1.82, 2.24) is 9.97 Å². The van der Waals surface area contributed by atoms with E-state index in [1.54, 1.807) is 18.5 Å². The third-order valence-corrected chi connectivity index (χ3v) is 3.03. The normalized spacial score (nSPS) is 11.4. The van der Waals surface area contributed by atoms with E-state index in [-0.39, 0.29) is 5.75 Å². The molecule has 0 N–H and O–H groups in total. The van der Waals surface area contributed by atoms with Crippen molar-refractivity contribution in [3.8, 4) is 11.3 Å². The van der Waals surface area contributed by atoms with Crippen molar-refractivity contribution >= 4 is 9.84 Å². The Bertz CT molecular complexity index is 609. The summed E-state index contributed by atoms with van der Waals surface area (Å²) >= 11 is 0. The number of pyridine rings is 2. The summed E-state index contributed by atoms with van der Waals surface area (Å²) in [7, 11) is -3.10. The number of rotatable bonds is 3. The minimum Gasteiger partial charge on any atom is -0.260 e. The summed E-state index contributed by atoms with van der Waals surface area (Å²) < 4.78 is 22.6. The van der Waals surface area contributed by atoms with E-state index in [0.717, 1.165) is 11.3 Å². The van der Waals surface area contributed by atoms with Crippen LogP contribution in [0.5, 0.6) is 0 Å². The minimum atomic E-state index is -3.10. The van der Waals surface area contributed by atoms with Crippen LogP contribution < -0.4 is 0 Å². The lowest BCUT2D eigenvalue weighted by molar-refractivity contribution is 0.600. The molecule has 0 saturated heterocycles. The van der Waals surface area contributed by atoms with Crippen molar-refractivity contribution in [2.24, 2.45) is 0 Å². The molecule has 88 valence electrons. The van der Waals surface area contributed by atoms with E-state index >= 15 is 0 Å². The van der Waals surface area contributed by atoms with Crippen molar-refractivity contribution in [3.05, 3.63) is 48.4 Å². The second-order valence-electron chi connectivity index (χ2n) is 3.78. The molecule has 17 heavy (non-hydrogen) atoms. The van der Waals surface area contributed by atoms with Gasteiger partial charge in [-0.05, 0) is 24.3 Å². The largest absolute Gasteiger partial charge is 0.260 e. The van der Waals surface area contributed by atoms with E-state index in [0.29, 0.717) is 5.69 Å². The zero-order valence-electron chi connectivity index (χ0n) is 9.37. The number of nitrogens with zero attached hydrogens (tertiary/aromatic N) is 2. The van der Waals surface area contributed by atoms with Crippen molar-refractivity contribution in [3.63, 3.8) is 0 Å². The molecule has 0 saturated carbocycles. The number of aromatic nitrogens is 2. The van der Waals surface area contributed by atoms with Gasteiger partial charge in [-0.3, -0.25) is 9.97 Å². The maximum Gasteiger partial charge on any atom is 0.153 e. The topological polar surface area (TPSA) is 59.9 Å².